The molecule has 0 saturated carbocycles. The number of carbonyl (C=O) groups is 1. The molecule has 0 saturated heterocycles. The summed E-state index contributed by atoms with van der Waals surface area (Å²) in [6.07, 6.45) is 0. The van der Waals surface area contributed by atoms with Gasteiger partial charge in [0.15, 0.2) is 22.4 Å². The molecule has 24 heavy (non-hydrogen) atoms. The molecule has 2 rings (SSSR count). The topological polar surface area (TPSA) is 81.3 Å². The molecule has 128 valence electrons. The number of methoxy groups -OCH3 is 2. The predicted molar refractivity (Wildman–Crippen MR) is 93.5 cm³/mol. The van der Waals surface area contributed by atoms with Crippen molar-refractivity contribution in [2.75, 3.05) is 20.0 Å². The van der Waals surface area contributed by atoms with Gasteiger partial charge >= 0.3 is 0 Å². The largest absolute Gasteiger partial charge is 0.493 e. The minimum absolute atomic E-state index is 0.0847. The molecule has 2 aromatic rings. The molecule has 7 heteroatoms. The van der Waals surface area contributed by atoms with Crippen LogP contribution in [0.1, 0.15) is 35.8 Å². The fourth-order valence-electron chi connectivity index (χ4n) is 2.04. The number of Topliss-reactive ketones (excluding diaryl/α,β-unsaturated/α-hetero) is 1. The molecule has 0 amide bonds. The van der Waals surface area contributed by atoms with Gasteiger partial charge in [-0.1, -0.05) is 25.6 Å². The van der Waals surface area contributed by atoms with E-state index in [4.69, 9.17) is 9.47 Å². The average molecular weight is 348 g/mol. The normalized spacial score (nSPS) is 10.7. The second-order valence-electron chi connectivity index (χ2n) is 5.41. The molecule has 0 radical (unpaired) electrons. The number of ether oxygens (including phenoxy) is 2. The second-order valence-corrected chi connectivity index (χ2v) is 6.38. The van der Waals surface area contributed by atoms with Crippen LogP contribution in [0.3, 0.4) is 0 Å². The molecule has 0 fully saturated rings. The van der Waals surface area contributed by atoms with Gasteiger partial charge in [-0.25, -0.2) is 4.98 Å². The molecule has 0 atom stereocenters. The number of nitrogens with one attached hydrogen (secondary N) is 1. The molecule has 1 N–H and O–H groups in total. The van der Waals surface area contributed by atoms with E-state index in [2.05, 4.69) is 9.97 Å². The highest BCUT2D eigenvalue weighted by atomic mass is 32.2. The highest BCUT2D eigenvalue weighted by molar-refractivity contribution is 7.99. The Hall–Kier alpha value is -2.28. The average Bonchev–Trinajstić information content (AvgIpc) is 2.58. The Bertz CT molecular complexity index is 786. The Morgan fingerprint density at radius 1 is 1.21 bits per heavy atom. The number of rotatable bonds is 7. The van der Waals surface area contributed by atoms with Crippen molar-refractivity contribution >= 4 is 17.5 Å². The maximum absolute atomic E-state index is 12.4. The number of aromatic nitrogens is 2. The molecule has 1 aromatic heterocycles. The predicted octanol–water partition coefficient (Wildman–Crippen LogP) is 2.89. The highest BCUT2D eigenvalue weighted by Crippen LogP contribution is 2.28. The van der Waals surface area contributed by atoms with Crippen LogP contribution in [0.15, 0.2) is 34.2 Å². The number of aromatic amines is 1. The van der Waals surface area contributed by atoms with Crippen LogP contribution in [0.5, 0.6) is 11.5 Å². The Morgan fingerprint density at radius 2 is 1.92 bits per heavy atom. The van der Waals surface area contributed by atoms with Crippen LogP contribution in [0.25, 0.3) is 0 Å². The first-order chi connectivity index (χ1) is 11.4. The van der Waals surface area contributed by atoms with Crippen molar-refractivity contribution in [3.63, 3.8) is 0 Å². The van der Waals surface area contributed by atoms with Crippen molar-refractivity contribution in [3.8, 4) is 11.5 Å². The van der Waals surface area contributed by atoms with E-state index in [0.29, 0.717) is 27.9 Å². The molecule has 1 heterocycles. The molecule has 0 aliphatic rings. The fraction of sp³-hybridized carbons (Fsp3) is 0.353. The van der Waals surface area contributed by atoms with Gasteiger partial charge < -0.3 is 14.5 Å². The Morgan fingerprint density at radius 3 is 2.54 bits per heavy atom. The van der Waals surface area contributed by atoms with E-state index in [1.165, 1.54) is 24.9 Å². The van der Waals surface area contributed by atoms with Crippen LogP contribution in [-0.4, -0.2) is 35.7 Å². The second kappa shape index (κ2) is 8.01. The number of carbonyl (C=O) groups excluding carboxylic acids is 1. The van der Waals surface area contributed by atoms with E-state index in [-0.39, 0.29) is 23.0 Å². The van der Waals surface area contributed by atoms with Crippen molar-refractivity contribution in [2.24, 2.45) is 0 Å². The summed E-state index contributed by atoms with van der Waals surface area (Å²) in [5, 5.41) is 0.444. The number of hydrogen-bond acceptors (Lipinski definition) is 6. The minimum atomic E-state index is -0.213. The lowest BCUT2D eigenvalue weighted by molar-refractivity contribution is 0.102. The number of hydrogen-bond donors (Lipinski definition) is 1. The Balaban J connectivity index is 2.12. The lowest BCUT2D eigenvalue weighted by Gasteiger charge is -2.09. The SMILES string of the molecule is COc1ccc(C(=O)CSc2nc(C(C)C)cc(=O)[nH]2)cc1OC. The Labute approximate surface area is 144 Å². The number of thioether (sulfide) groups is 1. The molecular formula is C17H20N2O4S. The van der Waals surface area contributed by atoms with E-state index in [0.717, 1.165) is 0 Å². The zero-order valence-electron chi connectivity index (χ0n) is 14.1. The molecule has 0 unspecified atom stereocenters. The summed E-state index contributed by atoms with van der Waals surface area (Å²) in [6.45, 7) is 3.93. The molecule has 6 nitrogen and oxygen atoms in total. The standard InChI is InChI=1S/C17H20N2O4S/c1-10(2)12-8-16(21)19-17(18-12)24-9-13(20)11-5-6-14(22-3)15(7-11)23-4/h5-8,10H,9H2,1-4H3,(H,18,19,21). The maximum Gasteiger partial charge on any atom is 0.251 e. The van der Waals surface area contributed by atoms with Crippen LogP contribution in [0.4, 0.5) is 0 Å². The van der Waals surface area contributed by atoms with E-state index < -0.39 is 0 Å². The highest BCUT2D eigenvalue weighted by Gasteiger charge is 2.13. The van der Waals surface area contributed by atoms with Gasteiger partial charge in [-0.2, -0.15) is 0 Å². The first kappa shape index (κ1) is 18.1. The molecule has 0 spiro atoms. The van der Waals surface area contributed by atoms with Gasteiger partial charge in [0.05, 0.1) is 25.7 Å². The summed E-state index contributed by atoms with van der Waals surface area (Å²) in [4.78, 5) is 31.0. The van der Waals surface area contributed by atoms with E-state index >= 15 is 0 Å². The van der Waals surface area contributed by atoms with Gasteiger partial charge in [0.1, 0.15) is 0 Å². The quantitative estimate of drug-likeness (QED) is 0.471. The summed E-state index contributed by atoms with van der Waals surface area (Å²) >= 11 is 1.20. The van der Waals surface area contributed by atoms with Crippen molar-refractivity contribution in [1.82, 2.24) is 9.97 Å². The third-order valence-electron chi connectivity index (χ3n) is 3.38. The first-order valence-electron chi connectivity index (χ1n) is 7.44. The van der Waals surface area contributed by atoms with E-state index in [1.54, 1.807) is 25.3 Å². The monoisotopic (exact) mass is 348 g/mol. The Kier molecular flexibility index (Phi) is 6.03. The summed E-state index contributed by atoms with van der Waals surface area (Å²) in [6, 6.07) is 6.49. The zero-order valence-corrected chi connectivity index (χ0v) is 14.9. The van der Waals surface area contributed by atoms with Gasteiger partial charge in [0.25, 0.3) is 5.56 Å². The summed E-state index contributed by atoms with van der Waals surface area (Å²) < 4.78 is 10.4. The summed E-state index contributed by atoms with van der Waals surface area (Å²) in [5.41, 5.74) is 1.01. The van der Waals surface area contributed by atoms with Crippen molar-refractivity contribution in [2.45, 2.75) is 24.9 Å². The molecular weight excluding hydrogens is 328 g/mol. The number of benzene rings is 1. The zero-order chi connectivity index (χ0) is 17.7. The van der Waals surface area contributed by atoms with Crippen molar-refractivity contribution in [3.05, 3.63) is 45.9 Å². The number of ketones is 1. The van der Waals surface area contributed by atoms with Crippen LogP contribution < -0.4 is 15.0 Å². The summed E-state index contributed by atoms with van der Waals surface area (Å²) in [5.74, 6) is 1.30. The van der Waals surface area contributed by atoms with Crippen molar-refractivity contribution in [1.29, 1.82) is 0 Å². The molecule has 0 bridgehead atoms. The number of nitrogens with zero attached hydrogens (tertiary/aromatic N) is 1. The lowest BCUT2D eigenvalue weighted by Crippen LogP contribution is -2.12. The van der Waals surface area contributed by atoms with Gasteiger partial charge in [-0.05, 0) is 24.1 Å². The fourth-order valence-corrected chi connectivity index (χ4v) is 2.82. The molecule has 0 aliphatic heterocycles. The van der Waals surface area contributed by atoms with Gasteiger partial charge in [-0.15, -0.1) is 0 Å². The van der Waals surface area contributed by atoms with Crippen LogP contribution in [-0.2, 0) is 0 Å². The van der Waals surface area contributed by atoms with Crippen molar-refractivity contribution < 1.29 is 14.3 Å². The van der Waals surface area contributed by atoms with Crippen LogP contribution >= 0.6 is 11.8 Å². The van der Waals surface area contributed by atoms with Crippen LogP contribution in [0, 0.1) is 0 Å². The third kappa shape index (κ3) is 4.38. The summed E-state index contributed by atoms with van der Waals surface area (Å²) in [7, 11) is 3.06. The lowest BCUT2D eigenvalue weighted by atomic mass is 10.1. The minimum Gasteiger partial charge on any atom is -0.493 e. The molecule has 1 aromatic carbocycles. The smallest absolute Gasteiger partial charge is 0.251 e. The first-order valence-corrected chi connectivity index (χ1v) is 8.42. The van der Waals surface area contributed by atoms with Crippen LogP contribution in [0.2, 0.25) is 0 Å². The maximum atomic E-state index is 12.4. The van der Waals surface area contributed by atoms with Gasteiger partial charge in [0.2, 0.25) is 0 Å². The molecule has 0 aliphatic carbocycles. The third-order valence-corrected chi connectivity index (χ3v) is 4.25. The number of H-pyrrole nitrogens is 1. The van der Waals surface area contributed by atoms with Gasteiger partial charge in [-0.3, -0.25) is 9.59 Å². The van der Waals surface area contributed by atoms with E-state index in [9.17, 15) is 9.59 Å². The van der Waals surface area contributed by atoms with Gasteiger partial charge in [0, 0.05) is 11.6 Å². The van der Waals surface area contributed by atoms with E-state index in [1.807, 2.05) is 13.8 Å².